The van der Waals surface area contributed by atoms with Crippen LogP contribution < -0.4 is 0 Å². The van der Waals surface area contributed by atoms with E-state index in [0.29, 0.717) is 6.54 Å². The van der Waals surface area contributed by atoms with E-state index in [2.05, 4.69) is 13.2 Å². The van der Waals surface area contributed by atoms with Gasteiger partial charge in [-0.2, -0.15) is 0 Å². The normalized spacial score (nSPS) is 10.7. The molecule has 0 spiro atoms. The summed E-state index contributed by atoms with van der Waals surface area (Å²) in [6, 6.07) is 0. The van der Waals surface area contributed by atoms with E-state index in [4.69, 9.17) is 0 Å². The van der Waals surface area contributed by atoms with Crippen molar-refractivity contribution in [3.63, 3.8) is 0 Å². The summed E-state index contributed by atoms with van der Waals surface area (Å²) < 4.78 is 0. The maximum atomic E-state index is 10.8. The van der Waals surface area contributed by atoms with E-state index in [1.54, 1.807) is 24.1 Å². The summed E-state index contributed by atoms with van der Waals surface area (Å²) in [5.41, 5.74) is 0.989. The fourth-order valence-electron chi connectivity index (χ4n) is 0.722. The molecule has 0 bridgehead atoms. The number of carbonyl (C=O) groups is 1. The second kappa shape index (κ2) is 5.35. The van der Waals surface area contributed by atoms with E-state index in [-0.39, 0.29) is 5.91 Å². The molecular formula is C10H15NO. The molecule has 0 heterocycles. The summed E-state index contributed by atoms with van der Waals surface area (Å²) in [6.45, 7) is 9.34. The predicted octanol–water partition coefficient (Wildman–Crippen LogP) is 1.76. The molecule has 12 heavy (non-hydrogen) atoms. The lowest BCUT2D eigenvalue weighted by molar-refractivity contribution is -0.127. The second-order valence-corrected chi connectivity index (χ2v) is 2.56. The Morgan fingerprint density at radius 1 is 1.50 bits per heavy atom. The Morgan fingerprint density at radius 2 is 2.08 bits per heavy atom. The van der Waals surface area contributed by atoms with Gasteiger partial charge in [0.15, 0.2) is 0 Å². The maximum Gasteiger partial charge on any atom is 0.219 e. The molecule has 0 aliphatic rings. The maximum absolute atomic E-state index is 10.8. The summed E-state index contributed by atoms with van der Waals surface area (Å²) in [4.78, 5) is 12.5. The van der Waals surface area contributed by atoms with Crippen LogP contribution in [-0.4, -0.2) is 24.4 Å². The van der Waals surface area contributed by atoms with Gasteiger partial charge >= 0.3 is 0 Å². The van der Waals surface area contributed by atoms with E-state index < -0.39 is 0 Å². The molecule has 0 saturated heterocycles. The van der Waals surface area contributed by atoms with Crippen LogP contribution in [0.3, 0.4) is 0 Å². The largest absolute Gasteiger partial charge is 0.342 e. The van der Waals surface area contributed by atoms with Crippen molar-refractivity contribution in [2.24, 2.45) is 0 Å². The summed E-state index contributed by atoms with van der Waals surface area (Å²) in [6.07, 6.45) is 5.25. The highest BCUT2D eigenvalue weighted by molar-refractivity contribution is 5.73. The van der Waals surface area contributed by atoms with Crippen LogP contribution in [0.5, 0.6) is 0 Å². The molecule has 1 amide bonds. The zero-order valence-corrected chi connectivity index (χ0v) is 7.71. The van der Waals surface area contributed by atoms with Crippen LogP contribution >= 0.6 is 0 Å². The standard InChI is InChI=1S/C10H15NO/c1-5-7-10(6-2)8-11(4)9(3)12/h5-7H,1-2,8H2,3-4H3/b10-7+. The topological polar surface area (TPSA) is 20.3 Å². The van der Waals surface area contributed by atoms with E-state index in [1.165, 1.54) is 6.92 Å². The summed E-state index contributed by atoms with van der Waals surface area (Å²) in [7, 11) is 1.75. The Morgan fingerprint density at radius 3 is 2.42 bits per heavy atom. The molecule has 2 nitrogen and oxygen atoms in total. The number of likely N-dealkylation sites (N-methyl/N-ethyl adjacent to an activating group) is 1. The third-order valence-electron chi connectivity index (χ3n) is 1.55. The zero-order chi connectivity index (χ0) is 9.56. The monoisotopic (exact) mass is 165 g/mol. The van der Waals surface area contributed by atoms with E-state index in [0.717, 1.165) is 5.57 Å². The fraction of sp³-hybridized carbons (Fsp3) is 0.300. The van der Waals surface area contributed by atoms with Crippen molar-refractivity contribution in [2.75, 3.05) is 13.6 Å². The van der Waals surface area contributed by atoms with Gasteiger partial charge in [0.05, 0.1) is 0 Å². The third-order valence-corrected chi connectivity index (χ3v) is 1.55. The molecule has 2 heteroatoms. The predicted molar refractivity (Wildman–Crippen MR) is 51.8 cm³/mol. The number of hydrogen-bond donors (Lipinski definition) is 0. The highest BCUT2D eigenvalue weighted by atomic mass is 16.2. The smallest absolute Gasteiger partial charge is 0.219 e. The molecule has 0 aromatic heterocycles. The first-order chi connectivity index (χ1) is 5.61. The third kappa shape index (κ3) is 3.76. The lowest BCUT2D eigenvalue weighted by Gasteiger charge is -2.14. The van der Waals surface area contributed by atoms with Crippen molar-refractivity contribution in [2.45, 2.75) is 6.92 Å². The number of allylic oxidation sites excluding steroid dienone is 2. The molecule has 0 aliphatic carbocycles. The van der Waals surface area contributed by atoms with Crippen LogP contribution in [-0.2, 0) is 4.79 Å². The summed E-state index contributed by atoms with van der Waals surface area (Å²) >= 11 is 0. The van der Waals surface area contributed by atoms with Gasteiger partial charge in [0, 0.05) is 20.5 Å². The zero-order valence-electron chi connectivity index (χ0n) is 7.71. The van der Waals surface area contributed by atoms with Crippen molar-refractivity contribution >= 4 is 5.91 Å². The first-order valence-corrected chi connectivity index (χ1v) is 3.77. The minimum absolute atomic E-state index is 0.0480. The molecular weight excluding hydrogens is 150 g/mol. The average Bonchev–Trinajstić information content (AvgIpc) is 2.03. The first-order valence-electron chi connectivity index (χ1n) is 3.77. The quantitative estimate of drug-likeness (QED) is 0.581. The van der Waals surface area contributed by atoms with Gasteiger partial charge in [0.2, 0.25) is 5.91 Å². The lowest BCUT2D eigenvalue weighted by atomic mass is 10.2. The van der Waals surface area contributed by atoms with Gasteiger partial charge in [-0.15, -0.1) is 0 Å². The Hall–Kier alpha value is -1.31. The van der Waals surface area contributed by atoms with E-state index >= 15 is 0 Å². The molecule has 0 aromatic rings. The molecule has 0 rings (SSSR count). The molecule has 0 atom stereocenters. The lowest BCUT2D eigenvalue weighted by Crippen LogP contribution is -2.25. The van der Waals surface area contributed by atoms with Crippen LogP contribution in [0, 0.1) is 0 Å². The van der Waals surface area contributed by atoms with Gasteiger partial charge < -0.3 is 4.90 Å². The highest BCUT2D eigenvalue weighted by Crippen LogP contribution is 1.99. The Balaban J connectivity index is 4.20. The van der Waals surface area contributed by atoms with Crippen LogP contribution in [0.25, 0.3) is 0 Å². The SMILES string of the molecule is C=C/C=C(\C=C)CN(C)C(C)=O. The second-order valence-electron chi connectivity index (χ2n) is 2.56. The van der Waals surface area contributed by atoms with Crippen LogP contribution in [0.4, 0.5) is 0 Å². The molecule has 0 saturated carbocycles. The van der Waals surface area contributed by atoms with Gasteiger partial charge in [-0.25, -0.2) is 0 Å². The molecule has 0 aliphatic heterocycles. The number of nitrogens with zero attached hydrogens (tertiary/aromatic N) is 1. The van der Waals surface area contributed by atoms with Crippen LogP contribution in [0.2, 0.25) is 0 Å². The average molecular weight is 165 g/mol. The summed E-state index contributed by atoms with van der Waals surface area (Å²) in [5.74, 6) is 0.0480. The number of rotatable bonds is 4. The van der Waals surface area contributed by atoms with Crippen molar-refractivity contribution in [3.8, 4) is 0 Å². The van der Waals surface area contributed by atoms with Gasteiger partial charge in [-0.1, -0.05) is 31.4 Å². The molecule has 66 valence electrons. The fourth-order valence-corrected chi connectivity index (χ4v) is 0.722. The Labute approximate surface area is 73.9 Å². The molecule has 0 fully saturated rings. The first kappa shape index (κ1) is 10.7. The molecule has 0 aromatic carbocycles. The van der Waals surface area contributed by atoms with Crippen molar-refractivity contribution in [1.29, 1.82) is 0 Å². The van der Waals surface area contributed by atoms with Crippen molar-refractivity contribution in [3.05, 3.63) is 37.0 Å². The van der Waals surface area contributed by atoms with Crippen molar-refractivity contribution < 1.29 is 4.79 Å². The van der Waals surface area contributed by atoms with Crippen LogP contribution in [0.1, 0.15) is 6.92 Å². The van der Waals surface area contributed by atoms with E-state index in [9.17, 15) is 4.79 Å². The molecule has 0 N–H and O–H groups in total. The Bertz CT molecular complexity index is 216. The number of amides is 1. The molecule has 0 unspecified atom stereocenters. The summed E-state index contributed by atoms with van der Waals surface area (Å²) in [5, 5.41) is 0. The van der Waals surface area contributed by atoms with E-state index in [1.807, 2.05) is 6.08 Å². The van der Waals surface area contributed by atoms with Gasteiger partial charge in [0.1, 0.15) is 0 Å². The minimum Gasteiger partial charge on any atom is -0.342 e. The van der Waals surface area contributed by atoms with Gasteiger partial charge in [-0.05, 0) is 5.57 Å². The van der Waals surface area contributed by atoms with Crippen molar-refractivity contribution in [1.82, 2.24) is 4.90 Å². The highest BCUT2D eigenvalue weighted by Gasteiger charge is 2.01. The number of carbonyl (C=O) groups excluding carboxylic acids is 1. The van der Waals surface area contributed by atoms with Gasteiger partial charge in [0.25, 0.3) is 0 Å². The van der Waals surface area contributed by atoms with Crippen LogP contribution in [0.15, 0.2) is 37.0 Å². The Kier molecular flexibility index (Phi) is 4.77. The van der Waals surface area contributed by atoms with Gasteiger partial charge in [-0.3, -0.25) is 4.79 Å². The minimum atomic E-state index is 0.0480. The number of hydrogen-bond acceptors (Lipinski definition) is 1. The molecule has 0 radical (unpaired) electrons.